The van der Waals surface area contributed by atoms with Gasteiger partial charge in [0.1, 0.15) is 13.2 Å². The molecular weight excluding hydrogens is 1100 g/mol. The average molecular weight is 1240 g/mol. The van der Waals surface area contributed by atoms with Gasteiger partial charge in [-0.3, -0.25) is 9.59 Å². The highest BCUT2D eigenvalue weighted by atomic mass is 16.7. The Morgan fingerprint density at radius 2 is 0.640 bits per heavy atom. The zero-order valence-electron chi connectivity index (χ0n) is 58.6. The number of carbonyl (C=O) groups excluding carboxylic acids is 2. The lowest BCUT2D eigenvalue weighted by molar-refractivity contribution is -0.870. The van der Waals surface area contributed by atoms with Crippen LogP contribution in [-0.2, 0) is 33.3 Å². The van der Waals surface area contributed by atoms with Gasteiger partial charge in [-0.2, -0.15) is 0 Å². The summed E-state index contributed by atoms with van der Waals surface area (Å²) in [4.78, 5) is 37.6. The lowest BCUT2D eigenvalue weighted by atomic mass is 10.0. The molecule has 0 aromatic heterocycles. The number of hydrogen-bond acceptors (Lipinski definition) is 7. The quantitative estimate of drug-likeness (QED) is 0.0211. The molecule has 0 saturated carbocycles. The largest absolute Gasteiger partial charge is 0.477 e. The first-order chi connectivity index (χ1) is 43.6. The van der Waals surface area contributed by atoms with E-state index in [1.807, 2.05) is 21.1 Å². The molecule has 9 heteroatoms. The number of carboxylic acids is 1. The number of likely N-dealkylation sites (N-methyl/N-ethyl adjacent to an activating group) is 1. The van der Waals surface area contributed by atoms with Crippen LogP contribution in [0.3, 0.4) is 0 Å². The normalized spacial score (nSPS) is 13.3. The van der Waals surface area contributed by atoms with Crippen LogP contribution in [0.5, 0.6) is 0 Å². The van der Waals surface area contributed by atoms with Crippen molar-refractivity contribution in [2.24, 2.45) is 0 Å². The molecule has 0 spiro atoms. The van der Waals surface area contributed by atoms with Crippen LogP contribution in [0, 0.1) is 0 Å². The fourth-order valence-electron chi connectivity index (χ4n) is 10.4. The summed E-state index contributed by atoms with van der Waals surface area (Å²) >= 11 is 0. The van der Waals surface area contributed by atoms with Crippen molar-refractivity contribution in [1.29, 1.82) is 0 Å². The van der Waals surface area contributed by atoms with Crippen LogP contribution < -0.4 is 0 Å². The molecule has 0 aliphatic carbocycles. The molecule has 0 aliphatic rings. The average Bonchev–Trinajstić information content (AvgIpc) is 3.64. The topological polar surface area (TPSA) is 108 Å². The van der Waals surface area contributed by atoms with Crippen molar-refractivity contribution in [3.63, 3.8) is 0 Å². The fraction of sp³-hybridized carbons (Fsp3) is 0.738. The molecule has 0 saturated heterocycles. The molecule has 0 fully saturated rings. The van der Waals surface area contributed by atoms with Crippen LogP contribution in [0.1, 0.15) is 322 Å². The summed E-state index contributed by atoms with van der Waals surface area (Å²) < 4.78 is 22.9. The second kappa shape index (κ2) is 69.8. The SMILES string of the molecule is CC/C=C\C/C=C\C/C=C\C/C=C\C/C=C\C/C=C\CCCCCCC(=O)OC(COC(=O)CCCCCCCCCCCCCCCCCCCCCCCCCCCC/C=C\C/C=C\C/C=C\CCCCCCC)COC(OCC[N+](C)(C)C)C(=O)O. The third-order valence-corrected chi connectivity index (χ3v) is 16.0. The number of allylic oxidation sites excluding steroid dienone is 18. The van der Waals surface area contributed by atoms with Gasteiger partial charge in [-0.05, 0) is 103 Å². The van der Waals surface area contributed by atoms with Gasteiger partial charge in [0, 0.05) is 12.8 Å². The third-order valence-electron chi connectivity index (χ3n) is 16.0. The minimum atomic E-state index is -1.52. The van der Waals surface area contributed by atoms with E-state index in [1.165, 1.54) is 193 Å². The van der Waals surface area contributed by atoms with Crippen molar-refractivity contribution < 1.29 is 42.9 Å². The summed E-state index contributed by atoms with van der Waals surface area (Å²) in [6.07, 6.45) is 95.2. The van der Waals surface area contributed by atoms with Gasteiger partial charge >= 0.3 is 17.9 Å². The molecule has 512 valence electrons. The maximum atomic E-state index is 12.9. The van der Waals surface area contributed by atoms with Gasteiger partial charge in [0.15, 0.2) is 6.10 Å². The lowest BCUT2D eigenvalue weighted by Gasteiger charge is -2.25. The Bertz CT molecular complexity index is 1830. The molecule has 0 heterocycles. The summed E-state index contributed by atoms with van der Waals surface area (Å²) in [6, 6.07) is 0. The van der Waals surface area contributed by atoms with E-state index in [0.717, 1.165) is 96.3 Å². The predicted molar refractivity (Wildman–Crippen MR) is 382 cm³/mol. The van der Waals surface area contributed by atoms with E-state index in [9.17, 15) is 19.5 Å². The number of carbonyl (C=O) groups is 3. The minimum absolute atomic E-state index is 0.179. The van der Waals surface area contributed by atoms with Crippen LogP contribution in [-0.4, -0.2) is 87.4 Å². The van der Waals surface area contributed by atoms with E-state index < -0.39 is 24.3 Å². The Morgan fingerprint density at radius 1 is 0.348 bits per heavy atom. The minimum Gasteiger partial charge on any atom is -0.477 e. The second-order valence-electron chi connectivity index (χ2n) is 25.9. The number of nitrogens with zero attached hydrogens (tertiary/aromatic N) is 1. The summed E-state index contributed by atoms with van der Waals surface area (Å²) in [6.45, 7) is 4.74. The van der Waals surface area contributed by atoms with Gasteiger partial charge in [0.2, 0.25) is 0 Å². The summed E-state index contributed by atoms with van der Waals surface area (Å²) in [5, 5.41) is 9.74. The maximum absolute atomic E-state index is 12.9. The first kappa shape index (κ1) is 85.0. The summed E-state index contributed by atoms with van der Waals surface area (Å²) in [5.41, 5.74) is 0. The molecule has 2 unspecified atom stereocenters. The number of unbranched alkanes of at least 4 members (excludes halogenated alkanes) is 35. The van der Waals surface area contributed by atoms with Crippen LogP contribution in [0.2, 0.25) is 0 Å². The highest BCUT2D eigenvalue weighted by molar-refractivity contribution is 5.71. The molecule has 1 N–H and O–H groups in total. The van der Waals surface area contributed by atoms with Crippen LogP contribution >= 0.6 is 0 Å². The highest BCUT2D eigenvalue weighted by Gasteiger charge is 2.25. The van der Waals surface area contributed by atoms with Gasteiger partial charge < -0.3 is 28.5 Å². The third kappa shape index (κ3) is 71.3. The number of esters is 2. The molecule has 0 bridgehead atoms. The molecule has 0 amide bonds. The Hall–Kier alpha value is -4.05. The molecule has 9 nitrogen and oxygen atoms in total. The maximum Gasteiger partial charge on any atom is 0.361 e. The summed E-state index contributed by atoms with van der Waals surface area (Å²) in [7, 11) is 5.97. The number of hydrogen-bond donors (Lipinski definition) is 1. The van der Waals surface area contributed by atoms with E-state index in [2.05, 4.69) is 123 Å². The molecular formula is C80H140NO8+. The Labute approximate surface area is 549 Å². The number of rotatable bonds is 68. The Kier molecular flexibility index (Phi) is 66.7. The van der Waals surface area contributed by atoms with Crippen molar-refractivity contribution >= 4 is 17.9 Å². The van der Waals surface area contributed by atoms with Crippen molar-refractivity contribution in [3.05, 3.63) is 109 Å². The van der Waals surface area contributed by atoms with E-state index in [4.69, 9.17) is 18.9 Å². The predicted octanol–water partition coefficient (Wildman–Crippen LogP) is 23.4. The Balaban J connectivity index is 4.01. The monoisotopic (exact) mass is 1240 g/mol. The standard InChI is InChI=1S/C80H139NO8/c1-6-8-10-12-14-16-18-20-22-24-26-28-30-31-32-33-34-35-36-37-38-39-40-41-42-43-44-45-46-47-49-50-52-54-56-58-60-62-64-66-68-70-77(82)87-74-76(75-88-80(79(84)85)86-73-72-81(3,4)5)89-78(83)71-69-67-65-63-61-59-57-55-53-51-48-29-27-25-23-21-19-17-15-13-11-9-7-2/h9,11,15,17-18,20-21,23-24,26-27,29-31,51,53,57,59,76,80H,6-8,10,12-14,16,19,22,25,28,32-50,52,54-56,58,60-75H2,1-5H3/p+1/b11-9-,17-15-,20-18-,23-21-,26-24-,29-27-,31-30-,53-51-,59-57-. The molecule has 0 aromatic carbocycles. The van der Waals surface area contributed by atoms with E-state index in [-0.39, 0.29) is 32.2 Å². The molecule has 89 heavy (non-hydrogen) atoms. The van der Waals surface area contributed by atoms with Crippen molar-refractivity contribution in [2.45, 2.75) is 334 Å². The number of aliphatic carboxylic acids is 1. The van der Waals surface area contributed by atoms with Crippen LogP contribution in [0.25, 0.3) is 0 Å². The zero-order valence-corrected chi connectivity index (χ0v) is 58.6. The van der Waals surface area contributed by atoms with Crippen LogP contribution in [0.4, 0.5) is 0 Å². The smallest absolute Gasteiger partial charge is 0.361 e. The first-order valence-electron chi connectivity index (χ1n) is 37.1. The number of quaternary nitrogens is 1. The number of carboxylic acid groups (broad SMARTS) is 1. The fourth-order valence-corrected chi connectivity index (χ4v) is 10.4. The van der Waals surface area contributed by atoms with Crippen LogP contribution in [0.15, 0.2) is 109 Å². The first-order valence-corrected chi connectivity index (χ1v) is 37.1. The van der Waals surface area contributed by atoms with E-state index in [0.29, 0.717) is 23.9 Å². The van der Waals surface area contributed by atoms with Crippen molar-refractivity contribution in [3.8, 4) is 0 Å². The second-order valence-corrected chi connectivity index (χ2v) is 25.9. The summed E-state index contributed by atoms with van der Waals surface area (Å²) in [5.74, 6) is -2.03. The van der Waals surface area contributed by atoms with E-state index in [1.54, 1.807) is 0 Å². The molecule has 0 aromatic rings. The lowest BCUT2D eigenvalue weighted by Crippen LogP contribution is -2.40. The van der Waals surface area contributed by atoms with Gasteiger partial charge in [0.25, 0.3) is 6.29 Å². The van der Waals surface area contributed by atoms with Gasteiger partial charge in [-0.25, -0.2) is 4.79 Å². The molecule has 2 atom stereocenters. The molecule has 0 rings (SSSR count). The zero-order chi connectivity index (χ0) is 64.7. The highest BCUT2D eigenvalue weighted by Crippen LogP contribution is 2.18. The van der Waals surface area contributed by atoms with Crippen molar-refractivity contribution in [2.75, 3.05) is 47.5 Å². The van der Waals surface area contributed by atoms with Crippen molar-refractivity contribution in [1.82, 2.24) is 0 Å². The van der Waals surface area contributed by atoms with Gasteiger partial charge in [-0.1, -0.05) is 316 Å². The van der Waals surface area contributed by atoms with Gasteiger partial charge in [0.05, 0.1) is 34.4 Å². The molecule has 0 radical (unpaired) electrons. The number of ether oxygens (including phenoxy) is 4. The Morgan fingerprint density at radius 3 is 0.955 bits per heavy atom. The molecule has 0 aliphatic heterocycles. The van der Waals surface area contributed by atoms with E-state index >= 15 is 0 Å². The van der Waals surface area contributed by atoms with Gasteiger partial charge in [-0.15, -0.1) is 0 Å².